The van der Waals surface area contributed by atoms with Crippen LogP contribution in [-0.2, 0) is 20.9 Å². The number of rotatable bonds is 8. The molecule has 26 heavy (non-hydrogen) atoms. The largest absolute Gasteiger partial charge is 0.493 e. The van der Waals surface area contributed by atoms with Crippen molar-refractivity contribution in [2.45, 2.75) is 6.54 Å². The Kier molecular flexibility index (Phi) is 7.17. The molecule has 1 aromatic carbocycles. The van der Waals surface area contributed by atoms with Gasteiger partial charge in [-0.05, 0) is 35.9 Å². The van der Waals surface area contributed by atoms with Crippen LogP contribution in [0.3, 0.4) is 0 Å². The Balaban J connectivity index is 1.76. The number of nitrogens with zero attached hydrogens (tertiary/aromatic N) is 1. The molecule has 1 amide bonds. The van der Waals surface area contributed by atoms with Crippen LogP contribution in [0, 0.1) is 0 Å². The van der Waals surface area contributed by atoms with Gasteiger partial charge in [-0.1, -0.05) is 12.1 Å². The second-order valence-corrected chi connectivity index (χ2v) is 5.16. The predicted molar refractivity (Wildman–Crippen MR) is 95.6 cm³/mol. The van der Waals surface area contributed by atoms with Gasteiger partial charge < -0.3 is 19.5 Å². The molecule has 0 bridgehead atoms. The van der Waals surface area contributed by atoms with Crippen molar-refractivity contribution in [2.75, 3.05) is 20.8 Å². The lowest BCUT2D eigenvalue weighted by Crippen LogP contribution is -2.28. The summed E-state index contributed by atoms with van der Waals surface area (Å²) in [7, 11) is 3.09. The number of nitrogens with one attached hydrogen (secondary N) is 1. The van der Waals surface area contributed by atoms with E-state index < -0.39 is 11.9 Å². The molecular formula is C19H20N2O5. The van der Waals surface area contributed by atoms with Crippen LogP contribution >= 0.6 is 0 Å². The molecule has 136 valence electrons. The summed E-state index contributed by atoms with van der Waals surface area (Å²) in [5.74, 6) is 0.165. The smallest absolute Gasteiger partial charge is 0.331 e. The van der Waals surface area contributed by atoms with Gasteiger partial charge in [0.1, 0.15) is 0 Å². The van der Waals surface area contributed by atoms with Gasteiger partial charge >= 0.3 is 5.97 Å². The Bertz CT molecular complexity index is 775. The van der Waals surface area contributed by atoms with Gasteiger partial charge in [0, 0.05) is 18.8 Å². The molecule has 1 heterocycles. The first kappa shape index (κ1) is 19.0. The first-order valence-electron chi connectivity index (χ1n) is 7.86. The summed E-state index contributed by atoms with van der Waals surface area (Å²) in [6, 6.07) is 10.7. The lowest BCUT2D eigenvalue weighted by molar-refractivity contribution is -0.143. The highest BCUT2D eigenvalue weighted by Crippen LogP contribution is 2.27. The molecule has 0 saturated carbocycles. The van der Waals surface area contributed by atoms with E-state index in [0.29, 0.717) is 17.2 Å². The van der Waals surface area contributed by atoms with Gasteiger partial charge in [-0.2, -0.15) is 0 Å². The van der Waals surface area contributed by atoms with E-state index in [-0.39, 0.29) is 13.2 Å². The molecule has 7 nitrogen and oxygen atoms in total. The minimum atomic E-state index is -0.614. The molecule has 0 atom stereocenters. The number of ether oxygens (including phenoxy) is 3. The maximum absolute atomic E-state index is 11.8. The van der Waals surface area contributed by atoms with Gasteiger partial charge in [-0.3, -0.25) is 9.78 Å². The van der Waals surface area contributed by atoms with Crippen molar-refractivity contribution in [1.82, 2.24) is 10.3 Å². The number of aromatic nitrogens is 1. The van der Waals surface area contributed by atoms with E-state index in [4.69, 9.17) is 14.2 Å². The number of pyridine rings is 1. The maximum atomic E-state index is 11.8. The number of methoxy groups -OCH3 is 2. The summed E-state index contributed by atoms with van der Waals surface area (Å²) in [5.41, 5.74) is 1.46. The number of hydrogen-bond acceptors (Lipinski definition) is 6. The lowest BCUT2D eigenvalue weighted by atomic mass is 10.2. The van der Waals surface area contributed by atoms with Crippen LogP contribution in [0.4, 0.5) is 0 Å². The molecule has 1 aromatic heterocycles. The highest BCUT2D eigenvalue weighted by atomic mass is 16.5. The maximum Gasteiger partial charge on any atom is 0.331 e. The fourth-order valence-corrected chi connectivity index (χ4v) is 2.06. The summed E-state index contributed by atoms with van der Waals surface area (Å²) in [6.07, 6.45) is 4.36. The summed E-state index contributed by atoms with van der Waals surface area (Å²) < 4.78 is 15.2. The lowest BCUT2D eigenvalue weighted by Gasteiger charge is -2.10. The van der Waals surface area contributed by atoms with Crippen LogP contribution in [0.2, 0.25) is 0 Å². The Morgan fingerprint density at radius 3 is 2.62 bits per heavy atom. The summed E-state index contributed by atoms with van der Waals surface area (Å²) >= 11 is 0. The van der Waals surface area contributed by atoms with Crippen LogP contribution in [0.5, 0.6) is 11.5 Å². The van der Waals surface area contributed by atoms with E-state index in [2.05, 4.69) is 10.3 Å². The number of carbonyl (C=O) groups excluding carboxylic acids is 2. The molecule has 2 aromatic rings. The first-order valence-corrected chi connectivity index (χ1v) is 7.86. The zero-order valence-corrected chi connectivity index (χ0v) is 14.6. The van der Waals surface area contributed by atoms with E-state index in [1.165, 1.54) is 19.3 Å². The molecular weight excluding hydrogens is 336 g/mol. The van der Waals surface area contributed by atoms with Crippen LogP contribution in [0.1, 0.15) is 11.3 Å². The van der Waals surface area contributed by atoms with Gasteiger partial charge in [0.05, 0.1) is 19.9 Å². The summed E-state index contributed by atoms with van der Waals surface area (Å²) in [5, 5.41) is 2.67. The van der Waals surface area contributed by atoms with Gasteiger partial charge in [-0.15, -0.1) is 0 Å². The average Bonchev–Trinajstić information content (AvgIpc) is 2.69. The molecule has 0 radical (unpaired) electrons. The highest BCUT2D eigenvalue weighted by molar-refractivity contribution is 5.89. The molecule has 0 spiro atoms. The fraction of sp³-hybridized carbons (Fsp3) is 0.211. The summed E-state index contributed by atoms with van der Waals surface area (Å²) in [4.78, 5) is 27.4. The molecule has 2 rings (SSSR count). The van der Waals surface area contributed by atoms with Crippen LogP contribution in [-0.4, -0.2) is 37.7 Å². The van der Waals surface area contributed by atoms with E-state index in [1.54, 1.807) is 43.6 Å². The molecule has 0 saturated heterocycles. The van der Waals surface area contributed by atoms with Crippen molar-refractivity contribution in [2.24, 2.45) is 0 Å². The van der Waals surface area contributed by atoms with Crippen LogP contribution < -0.4 is 14.8 Å². The molecule has 0 fully saturated rings. The average molecular weight is 356 g/mol. The van der Waals surface area contributed by atoms with Crippen molar-refractivity contribution in [3.63, 3.8) is 0 Å². The Labute approximate surface area is 151 Å². The monoisotopic (exact) mass is 356 g/mol. The van der Waals surface area contributed by atoms with E-state index in [0.717, 1.165) is 5.56 Å². The van der Waals surface area contributed by atoms with Crippen molar-refractivity contribution < 1.29 is 23.8 Å². The minimum absolute atomic E-state index is 0.278. The third-order valence-electron chi connectivity index (χ3n) is 3.36. The third-order valence-corrected chi connectivity index (χ3v) is 3.36. The molecule has 0 unspecified atom stereocenters. The van der Waals surface area contributed by atoms with Crippen molar-refractivity contribution in [1.29, 1.82) is 0 Å². The molecule has 7 heteroatoms. The zero-order valence-electron chi connectivity index (χ0n) is 14.6. The second kappa shape index (κ2) is 9.83. The van der Waals surface area contributed by atoms with E-state index in [9.17, 15) is 9.59 Å². The standard InChI is InChI=1S/C19H20N2O5/c1-24-16-8-6-14(11-17(16)25-2)12-21-18(22)13-26-19(23)9-7-15-5-3-4-10-20-15/h3-11H,12-13H2,1-2H3,(H,21,22)/b9-7+. The van der Waals surface area contributed by atoms with Gasteiger partial charge in [-0.25, -0.2) is 4.79 Å². The van der Waals surface area contributed by atoms with Crippen LogP contribution in [0.25, 0.3) is 6.08 Å². The first-order chi connectivity index (χ1) is 12.6. The predicted octanol–water partition coefficient (Wildman–Crippen LogP) is 1.97. The van der Waals surface area contributed by atoms with Crippen LogP contribution in [0.15, 0.2) is 48.7 Å². The normalized spacial score (nSPS) is 10.4. The van der Waals surface area contributed by atoms with Crippen molar-refractivity contribution >= 4 is 18.0 Å². The fourth-order valence-electron chi connectivity index (χ4n) is 2.06. The van der Waals surface area contributed by atoms with Gasteiger partial charge in [0.15, 0.2) is 18.1 Å². The third kappa shape index (κ3) is 5.94. The van der Waals surface area contributed by atoms with Gasteiger partial charge in [0.25, 0.3) is 5.91 Å². The number of hydrogen-bond donors (Lipinski definition) is 1. The molecule has 0 aliphatic carbocycles. The molecule has 0 aliphatic heterocycles. The highest BCUT2D eigenvalue weighted by Gasteiger charge is 2.07. The second-order valence-electron chi connectivity index (χ2n) is 5.16. The number of esters is 1. The zero-order chi connectivity index (χ0) is 18.8. The SMILES string of the molecule is COc1ccc(CNC(=O)COC(=O)/C=C/c2ccccn2)cc1OC. The Hall–Kier alpha value is -3.35. The molecule has 0 aliphatic rings. The molecule has 1 N–H and O–H groups in total. The summed E-state index contributed by atoms with van der Waals surface area (Å²) in [6.45, 7) is -0.0841. The minimum Gasteiger partial charge on any atom is -0.493 e. The van der Waals surface area contributed by atoms with Gasteiger partial charge in [0.2, 0.25) is 0 Å². The topological polar surface area (TPSA) is 86.8 Å². The number of amides is 1. The number of benzene rings is 1. The number of carbonyl (C=O) groups is 2. The van der Waals surface area contributed by atoms with Crippen molar-refractivity contribution in [3.05, 3.63) is 59.9 Å². The quantitative estimate of drug-likeness (QED) is 0.575. The van der Waals surface area contributed by atoms with E-state index in [1.807, 2.05) is 6.07 Å². The Morgan fingerprint density at radius 2 is 1.92 bits per heavy atom. The van der Waals surface area contributed by atoms with E-state index >= 15 is 0 Å². The van der Waals surface area contributed by atoms with Crippen molar-refractivity contribution in [3.8, 4) is 11.5 Å². The Morgan fingerprint density at radius 1 is 1.12 bits per heavy atom.